The second-order valence-corrected chi connectivity index (χ2v) is 5.11. The van der Waals surface area contributed by atoms with E-state index < -0.39 is 0 Å². The van der Waals surface area contributed by atoms with Gasteiger partial charge < -0.3 is 15.8 Å². The highest BCUT2D eigenvalue weighted by Crippen LogP contribution is 2.24. The van der Waals surface area contributed by atoms with Gasteiger partial charge in [-0.05, 0) is 30.5 Å². The van der Waals surface area contributed by atoms with Crippen LogP contribution in [0.25, 0.3) is 0 Å². The van der Waals surface area contributed by atoms with Crippen molar-refractivity contribution < 1.29 is 14.3 Å². The summed E-state index contributed by atoms with van der Waals surface area (Å²) in [6.45, 7) is 0.448. The molecule has 1 aromatic carbocycles. The topological polar surface area (TPSA) is 81.4 Å². The summed E-state index contributed by atoms with van der Waals surface area (Å²) < 4.78 is 4.63. The Bertz CT molecular complexity index is 484. The summed E-state index contributed by atoms with van der Waals surface area (Å²) >= 11 is 0. The lowest BCUT2D eigenvalue weighted by Crippen LogP contribution is -2.38. The van der Waals surface area contributed by atoms with Gasteiger partial charge in [-0.25, -0.2) is 4.79 Å². The monoisotopic (exact) mass is 276 g/mol. The van der Waals surface area contributed by atoms with Gasteiger partial charge in [-0.3, -0.25) is 4.79 Å². The molecule has 1 aliphatic carbocycles. The molecular weight excluding hydrogens is 256 g/mol. The first kappa shape index (κ1) is 14.5. The molecule has 1 aliphatic rings. The first-order valence-electron chi connectivity index (χ1n) is 6.82. The van der Waals surface area contributed by atoms with Gasteiger partial charge in [0.25, 0.3) is 0 Å². The Kier molecular flexibility index (Phi) is 4.74. The molecule has 20 heavy (non-hydrogen) atoms. The highest BCUT2D eigenvalue weighted by molar-refractivity contribution is 5.89. The molecule has 0 bridgehead atoms. The highest BCUT2D eigenvalue weighted by Gasteiger charge is 2.29. The number of hydrogen-bond donors (Lipinski definition) is 2. The van der Waals surface area contributed by atoms with Crippen molar-refractivity contribution in [3.63, 3.8) is 0 Å². The number of hydrogen-bond acceptors (Lipinski definition) is 4. The van der Waals surface area contributed by atoms with Crippen LogP contribution in [-0.4, -0.2) is 25.0 Å². The lowest BCUT2D eigenvalue weighted by molar-refractivity contribution is -0.125. The molecule has 0 aromatic heterocycles. The van der Waals surface area contributed by atoms with Crippen LogP contribution in [0.5, 0.6) is 0 Å². The molecule has 0 spiro atoms. The molecule has 5 nitrogen and oxygen atoms in total. The number of amides is 1. The molecule has 2 unspecified atom stereocenters. The summed E-state index contributed by atoms with van der Waals surface area (Å²) in [5.74, 6) is -0.408. The maximum Gasteiger partial charge on any atom is 0.337 e. The first-order valence-corrected chi connectivity index (χ1v) is 6.82. The van der Waals surface area contributed by atoms with Crippen LogP contribution in [0, 0.1) is 5.92 Å². The quantitative estimate of drug-likeness (QED) is 0.810. The standard InChI is InChI=1S/C15H20N2O3/c1-20-15(19)11-7-5-10(6-8-11)9-17-14(18)12-3-2-4-13(12)16/h5-8,12-13H,2-4,9,16H2,1H3,(H,17,18). The number of carbonyl (C=O) groups excluding carboxylic acids is 2. The third-order valence-corrected chi connectivity index (χ3v) is 3.75. The average Bonchev–Trinajstić information content (AvgIpc) is 2.90. The number of rotatable bonds is 4. The molecule has 1 aromatic rings. The van der Waals surface area contributed by atoms with Gasteiger partial charge in [0.2, 0.25) is 5.91 Å². The highest BCUT2D eigenvalue weighted by atomic mass is 16.5. The van der Waals surface area contributed by atoms with E-state index in [1.54, 1.807) is 24.3 Å². The van der Waals surface area contributed by atoms with Crippen molar-refractivity contribution in [3.05, 3.63) is 35.4 Å². The molecule has 1 fully saturated rings. The molecule has 1 saturated carbocycles. The normalized spacial score (nSPS) is 21.5. The second-order valence-electron chi connectivity index (χ2n) is 5.11. The van der Waals surface area contributed by atoms with Crippen molar-refractivity contribution in [1.29, 1.82) is 0 Å². The number of nitrogens with two attached hydrogens (primary N) is 1. The van der Waals surface area contributed by atoms with Gasteiger partial charge in [0.15, 0.2) is 0 Å². The maximum atomic E-state index is 12.0. The Morgan fingerprint density at radius 1 is 1.30 bits per heavy atom. The summed E-state index contributed by atoms with van der Waals surface area (Å²) in [6.07, 6.45) is 2.81. The summed E-state index contributed by atoms with van der Waals surface area (Å²) in [6, 6.07) is 6.97. The van der Waals surface area contributed by atoms with Crippen LogP contribution in [0.2, 0.25) is 0 Å². The summed E-state index contributed by atoms with van der Waals surface area (Å²) in [7, 11) is 1.35. The lowest BCUT2D eigenvalue weighted by Gasteiger charge is -2.15. The molecule has 3 N–H and O–H groups in total. The zero-order valence-electron chi connectivity index (χ0n) is 11.6. The van der Waals surface area contributed by atoms with E-state index in [1.165, 1.54) is 7.11 Å². The van der Waals surface area contributed by atoms with Crippen molar-refractivity contribution >= 4 is 11.9 Å². The number of benzene rings is 1. The zero-order valence-corrected chi connectivity index (χ0v) is 11.6. The molecule has 0 aliphatic heterocycles. The fourth-order valence-corrected chi connectivity index (χ4v) is 2.51. The van der Waals surface area contributed by atoms with Gasteiger partial charge in [-0.1, -0.05) is 18.6 Å². The molecule has 108 valence electrons. The molecular formula is C15H20N2O3. The van der Waals surface area contributed by atoms with E-state index in [2.05, 4.69) is 10.1 Å². The van der Waals surface area contributed by atoms with E-state index >= 15 is 0 Å². The number of esters is 1. The van der Waals surface area contributed by atoms with Gasteiger partial charge in [-0.2, -0.15) is 0 Å². The van der Waals surface area contributed by atoms with E-state index in [9.17, 15) is 9.59 Å². The summed E-state index contributed by atoms with van der Waals surface area (Å²) in [4.78, 5) is 23.3. The minimum absolute atomic E-state index is 0.0169. The Balaban J connectivity index is 1.87. The number of nitrogens with one attached hydrogen (secondary N) is 1. The van der Waals surface area contributed by atoms with Crippen LogP contribution in [0.3, 0.4) is 0 Å². The van der Waals surface area contributed by atoms with Crippen LogP contribution in [0.15, 0.2) is 24.3 Å². The van der Waals surface area contributed by atoms with Crippen molar-refractivity contribution in [3.8, 4) is 0 Å². The molecule has 0 heterocycles. The van der Waals surface area contributed by atoms with Crippen LogP contribution in [0.1, 0.15) is 35.2 Å². The summed E-state index contributed by atoms with van der Waals surface area (Å²) in [5, 5.41) is 2.90. The van der Waals surface area contributed by atoms with Gasteiger partial charge in [0.1, 0.15) is 0 Å². The van der Waals surface area contributed by atoms with Gasteiger partial charge in [0.05, 0.1) is 18.6 Å². The minimum atomic E-state index is -0.363. The molecule has 1 amide bonds. The third kappa shape index (κ3) is 3.36. The van der Waals surface area contributed by atoms with Crippen LogP contribution >= 0.6 is 0 Å². The van der Waals surface area contributed by atoms with Crippen LogP contribution in [-0.2, 0) is 16.1 Å². The Labute approximate surface area is 118 Å². The van der Waals surface area contributed by atoms with E-state index in [0.717, 1.165) is 24.8 Å². The molecule has 2 atom stereocenters. The average molecular weight is 276 g/mol. The lowest BCUT2D eigenvalue weighted by atomic mass is 10.0. The van der Waals surface area contributed by atoms with E-state index in [-0.39, 0.29) is 23.8 Å². The van der Waals surface area contributed by atoms with Crippen molar-refractivity contribution in [2.75, 3.05) is 7.11 Å². The van der Waals surface area contributed by atoms with Crippen LogP contribution in [0.4, 0.5) is 0 Å². The van der Waals surface area contributed by atoms with Crippen molar-refractivity contribution in [1.82, 2.24) is 5.32 Å². The largest absolute Gasteiger partial charge is 0.465 e. The zero-order chi connectivity index (χ0) is 14.5. The molecule has 0 radical (unpaired) electrons. The van der Waals surface area contributed by atoms with Crippen molar-refractivity contribution in [2.24, 2.45) is 11.7 Å². The number of carbonyl (C=O) groups is 2. The molecule has 5 heteroatoms. The predicted octanol–water partition coefficient (Wildman–Crippen LogP) is 1.22. The SMILES string of the molecule is COC(=O)c1ccc(CNC(=O)C2CCCC2N)cc1. The van der Waals surface area contributed by atoms with Crippen molar-refractivity contribution in [2.45, 2.75) is 31.8 Å². The second kappa shape index (κ2) is 6.52. The Hall–Kier alpha value is -1.88. The summed E-state index contributed by atoms with van der Waals surface area (Å²) in [5.41, 5.74) is 7.35. The first-order chi connectivity index (χ1) is 9.61. The third-order valence-electron chi connectivity index (χ3n) is 3.75. The predicted molar refractivity (Wildman–Crippen MR) is 74.9 cm³/mol. The smallest absolute Gasteiger partial charge is 0.337 e. The van der Waals surface area contributed by atoms with E-state index in [1.807, 2.05) is 0 Å². The van der Waals surface area contributed by atoms with E-state index in [0.29, 0.717) is 12.1 Å². The maximum absolute atomic E-state index is 12.0. The van der Waals surface area contributed by atoms with Gasteiger partial charge in [0, 0.05) is 12.6 Å². The number of ether oxygens (including phenoxy) is 1. The van der Waals surface area contributed by atoms with Crippen LogP contribution < -0.4 is 11.1 Å². The Morgan fingerprint density at radius 3 is 2.55 bits per heavy atom. The van der Waals surface area contributed by atoms with Gasteiger partial charge in [-0.15, -0.1) is 0 Å². The van der Waals surface area contributed by atoms with E-state index in [4.69, 9.17) is 5.73 Å². The fourth-order valence-electron chi connectivity index (χ4n) is 2.51. The van der Waals surface area contributed by atoms with Gasteiger partial charge >= 0.3 is 5.97 Å². The molecule has 0 saturated heterocycles. The Morgan fingerprint density at radius 2 is 2.00 bits per heavy atom. The fraction of sp³-hybridized carbons (Fsp3) is 0.467. The molecule has 2 rings (SSSR count). The number of methoxy groups -OCH3 is 1. The minimum Gasteiger partial charge on any atom is -0.465 e.